The molecule has 41 heavy (non-hydrogen) atoms. The molecule has 2 N–H and O–H groups in total. The van der Waals surface area contributed by atoms with Crippen molar-refractivity contribution in [2.45, 2.75) is 45.4 Å². The number of hydrogen-bond acceptors (Lipinski definition) is 7. The lowest BCUT2D eigenvalue weighted by Gasteiger charge is -2.26. The van der Waals surface area contributed by atoms with E-state index in [-0.39, 0.29) is 23.9 Å². The summed E-state index contributed by atoms with van der Waals surface area (Å²) in [6, 6.07) is 15.2. The van der Waals surface area contributed by atoms with Gasteiger partial charge < -0.3 is 14.6 Å². The Morgan fingerprint density at radius 2 is 1.83 bits per heavy atom. The maximum Gasteiger partial charge on any atom is 0.324 e. The van der Waals surface area contributed by atoms with Gasteiger partial charge >= 0.3 is 6.03 Å². The molecule has 1 saturated heterocycles. The van der Waals surface area contributed by atoms with Crippen LogP contribution in [-0.4, -0.2) is 51.7 Å². The Labute approximate surface area is 249 Å². The number of ether oxygens (including phenoxy) is 1. The van der Waals surface area contributed by atoms with Gasteiger partial charge in [0, 0.05) is 35.5 Å². The summed E-state index contributed by atoms with van der Waals surface area (Å²) in [4.78, 5) is 20.7. The zero-order valence-electron chi connectivity index (χ0n) is 23.5. The molecule has 0 aliphatic carbocycles. The van der Waals surface area contributed by atoms with Crippen LogP contribution in [0.5, 0.6) is 5.75 Å². The van der Waals surface area contributed by atoms with Crippen molar-refractivity contribution in [2.75, 3.05) is 36.9 Å². The van der Waals surface area contributed by atoms with Crippen LogP contribution in [0.3, 0.4) is 0 Å². The SMILES string of the molecule is CC(C)(C)c1cc(NC(=O)Nc2ccc(-c3cn4c(n3)sc3cc(OCCN5CCCCC5)ccc34)cc2)no1.Cl. The van der Waals surface area contributed by atoms with Crippen LogP contribution in [0, 0.1) is 0 Å². The number of aromatic nitrogens is 3. The van der Waals surface area contributed by atoms with Gasteiger partial charge in [-0.05, 0) is 56.3 Å². The first-order valence-corrected chi connectivity index (χ1v) is 14.6. The number of urea groups is 1. The van der Waals surface area contributed by atoms with Crippen LogP contribution in [0.15, 0.2) is 59.3 Å². The maximum absolute atomic E-state index is 12.4. The first kappa shape index (κ1) is 28.9. The minimum absolute atomic E-state index is 0. The van der Waals surface area contributed by atoms with E-state index in [0.717, 1.165) is 38.7 Å². The fourth-order valence-electron chi connectivity index (χ4n) is 4.88. The van der Waals surface area contributed by atoms with Crippen LogP contribution in [-0.2, 0) is 5.41 Å². The second-order valence-electron chi connectivity index (χ2n) is 11.2. The minimum Gasteiger partial charge on any atom is -0.492 e. The molecule has 2 amide bonds. The second-order valence-corrected chi connectivity index (χ2v) is 12.3. The van der Waals surface area contributed by atoms with Gasteiger partial charge in [0.15, 0.2) is 10.8 Å². The quantitative estimate of drug-likeness (QED) is 0.203. The molecule has 216 valence electrons. The van der Waals surface area contributed by atoms with E-state index < -0.39 is 0 Å². The van der Waals surface area contributed by atoms with Crippen molar-refractivity contribution in [1.82, 2.24) is 19.4 Å². The molecule has 1 fully saturated rings. The third-order valence-corrected chi connectivity index (χ3v) is 8.14. The Balaban J connectivity index is 0.00000337. The van der Waals surface area contributed by atoms with Gasteiger partial charge in [0.2, 0.25) is 0 Å². The van der Waals surface area contributed by atoms with Gasteiger partial charge in [0.05, 0.1) is 15.9 Å². The molecule has 2 aromatic carbocycles. The predicted octanol–water partition coefficient (Wildman–Crippen LogP) is 7.43. The summed E-state index contributed by atoms with van der Waals surface area (Å²) < 4.78 is 14.7. The topological polar surface area (TPSA) is 96.9 Å². The normalized spacial score (nSPS) is 14.2. The summed E-state index contributed by atoms with van der Waals surface area (Å²) in [5.41, 5.74) is 3.44. The van der Waals surface area contributed by atoms with Crippen molar-refractivity contribution >= 4 is 56.5 Å². The Morgan fingerprint density at radius 3 is 2.56 bits per heavy atom. The number of halogens is 1. The third-order valence-electron chi connectivity index (χ3n) is 7.12. The number of thiazole rings is 1. The minimum atomic E-state index is -0.384. The number of likely N-dealkylation sites (tertiary alicyclic amines) is 1. The van der Waals surface area contributed by atoms with Crippen molar-refractivity contribution < 1.29 is 14.1 Å². The smallest absolute Gasteiger partial charge is 0.324 e. The van der Waals surface area contributed by atoms with Gasteiger partial charge in [0.25, 0.3) is 0 Å². The van der Waals surface area contributed by atoms with E-state index in [1.807, 2.05) is 51.1 Å². The number of nitrogens with one attached hydrogen (secondary N) is 2. The highest BCUT2D eigenvalue weighted by Gasteiger charge is 2.20. The van der Waals surface area contributed by atoms with E-state index in [2.05, 4.69) is 43.4 Å². The van der Waals surface area contributed by atoms with Crippen LogP contribution in [0.25, 0.3) is 26.4 Å². The molecule has 4 heterocycles. The average molecular weight is 595 g/mol. The Kier molecular flexibility index (Phi) is 8.53. The van der Waals surface area contributed by atoms with E-state index in [1.165, 1.54) is 32.4 Å². The van der Waals surface area contributed by atoms with Crippen molar-refractivity contribution in [2.24, 2.45) is 0 Å². The molecule has 9 nitrogen and oxygen atoms in total. The molecule has 11 heteroatoms. The fourth-order valence-corrected chi connectivity index (χ4v) is 5.91. The summed E-state index contributed by atoms with van der Waals surface area (Å²) >= 11 is 1.65. The largest absolute Gasteiger partial charge is 0.492 e. The monoisotopic (exact) mass is 594 g/mol. The highest BCUT2D eigenvalue weighted by molar-refractivity contribution is 7.23. The molecule has 0 bridgehead atoms. The van der Waals surface area contributed by atoms with Gasteiger partial charge in [-0.3, -0.25) is 14.6 Å². The van der Waals surface area contributed by atoms with E-state index >= 15 is 0 Å². The van der Waals surface area contributed by atoms with Crippen molar-refractivity contribution in [3.63, 3.8) is 0 Å². The number of hydrogen-bond donors (Lipinski definition) is 2. The summed E-state index contributed by atoms with van der Waals surface area (Å²) in [5.74, 6) is 1.98. The number of piperidine rings is 1. The Morgan fingerprint density at radius 1 is 1.05 bits per heavy atom. The summed E-state index contributed by atoms with van der Waals surface area (Å²) in [5, 5.41) is 9.47. The molecule has 0 atom stereocenters. The number of carbonyl (C=O) groups excluding carboxylic acids is 1. The molecule has 1 aliphatic heterocycles. The molecule has 0 unspecified atom stereocenters. The lowest BCUT2D eigenvalue weighted by Crippen LogP contribution is -2.33. The first-order chi connectivity index (χ1) is 19.3. The number of nitrogens with zero attached hydrogens (tertiary/aromatic N) is 4. The van der Waals surface area contributed by atoms with E-state index in [9.17, 15) is 4.79 Å². The number of fused-ring (bicyclic) bond motifs is 3. The molecule has 5 aromatic rings. The molecule has 1 aliphatic rings. The van der Waals surface area contributed by atoms with E-state index in [1.54, 1.807) is 17.4 Å². The first-order valence-electron chi connectivity index (χ1n) is 13.7. The molecular weight excluding hydrogens is 560 g/mol. The number of amides is 2. The molecule has 0 spiro atoms. The van der Waals surface area contributed by atoms with Crippen LogP contribution in [0.1, 0.15) is 45.8 Å². The second kappa shape index (κ2) is 12.1. The number of carbonyl (C=O) groups is 1. The van der Waals surface area contributed by atoms with Crippen molar-refractivity contribution in [1.29, 1.82) is 0 Å². The zero-order valence-corrected chi connectivity index (χ0v) is 25.1. The summed E-state index contributed by atoms with van der Waals surface area (Å²) in [6.07, 6.45) is 5.99. The molecular formula is C30H35ClN6O3S. The number of imidazole rings is 1. The lowest BCUT2D eigenvalue weighted by atomic mass is 9.93. The van der Waals surface area contributed by atoms with E-state index in [4.69, 9.17) is 14.2 Å². The van der Waals surface area contributed by atoms with Crippen LogP contribution in [0.2, 0.25) is 0 Å². The zero-order chi connectivity index (χ0) is 27.7. The van der Waals surface area contributed by atoms with Gasteiger partial charge in [-0.1, -0.05) is 55.8 Å². The standard InChI is InChI=1S/C30H34N6O3S.ClH/c1-30(2,3)26-18-27(34-39-26)33-28(37)31-21-9-7-20(8-10-21)23-19-36-24-12-11-22(17-25(24)40-29(36)32-23)38-16-15-35-13-5-4-6-14-35;/h7-12,17-19H,4-6,13-16H2,1-3H3,(H2,31,33,34,37);1H. The highest BCUT2D eigenvalue weighted by atomic mass is 35.5. The fraction of sp³-hybridized carbons (Fsp3) is 0.367. The van der Waals surface area contributed by atoms with Gasteiger partial charge in [-0.15, -0.1) is 12.4 Å². The Hall–Kier alpha value is -3.60. The van der Waals surface area contributed by atoms with Gasteiger partial charge in [-0.25, -0.2) is 9.78 Å². The van der Waals surface area contributed by atoms with Crippen molar-refractivity contribution in [3.8, 4) is 17.0 Å². The molecule has 0 radical (unpaired) electrons. The van der Waals surface area contributed by atoms with Crippen molar-refractivity contribution in [3.05, 3.63) is 60.5 Å². The maximum atomic E-state index is 12.4. The van der Waals surface area contributed by atoms with E-state index in [0.29, 0.717) is 23.9 Å². The van der Waals surface area contributed by atoms with Crippen LogP contribution < -0.4 is 15.4 Å². The number of benzene rings is 2. The number of anilines is 2. The molecule has 3 aromatic heterocycles. The predicted molar refractivity (Wildman–Crippen MR) is 167 cm³/mol. The van der Waals surface area contributed by atoms with Crippen LogP contribution in [0.4, 0.5) is 16.3 Å². The Bertz CT molecular complexity index is 1630. The molecule has 6 rings (SSSR count). The summed E-state index contributed by atoms with van der Waals surface area (Å²) in [6.45, 7) is 10.1. The summed E-state index contributed by atoms with van der Waals surface area (Å²) in [7, 11) is 0. The molecule has 0 saturated carbocycles. The van der Waals surface area contributed by atoms with Crippen LogP contribution >= 0.6 is 23.7 Å². The average Bonchev–Trinajstić information content (AvgIpc) is 3.64. The van der Waals surface area contributed by atoms with Gasteiger partial charge in [-0.2, -0.15) is 0 Å². The van der Waals surface area contributed by atoms with Gasteiger partial charge in [0.1, 0.15) is 18.1 Å². The highest BCUT2D eigenvalue weighted by Crippen LogP contribution is 2.32. The third kappa shape index (κ3) is 6.66. The lowest BCUT2D eigenvalue weighted by molar-refractivity contribution is 0.183. The number of rotatable bonds is 7.